The van der Waals surface area contributed by atoms with Gasteiger partial charge in [0.1, 0.15) is 3.70 Å². The van der Waals surface area contributed by atoms with Crippen LogP contribution in [0.5, 0.6) is 0 Å². The molecule has 72 valence electrons. The molecule has 0 aliphatic rings. The Morgan fingerprint density at radius 1 is 1.54 bits per heavy atom. The third-order valence-electron chi connectivity index (χ3n) is 1.43. The summed E-state index contributed by atoms with van der Waals surface area (Å²) in [4.78, 5) is 3.32. The summed E-state index contributed by atoms with van der Waals surface area (Å²) in [6, 6.07) is 1.01. The third kappa shape index (κ3) is 2.55. The van der Waals surface area contributed by atoms with Gasteiger partial charge < -0.3 is 0 Å². The zero-order valence-electron chi connectivity index (χ0n) is 6.20. The van der Waals surface area contributed by atoms with E-state index in [0.717, 1.165) is 6.07 Å². The second-order valence-electron chi connectivity index (χ2n) is 2.24. The maximum absolute atomic E-state index is 12.7. The minimum atomic E-state index is -2.62. The van der Waals surface area contributed by atoms with Crippen molar-refractivity contribution in [3.63, 3.8) is 0 Å². The fraction of sp³-hybridized carbons (Fsp3) is 0.286. The van der Waals surface area contributed by atoms with Crippen molar-refractivity contribution in [3.05, 3.63) is 26.8 Å². The lowest BCUT2D eigenvalue weighted by atomic mass is 10.2. The molecule has 1 aromatic rings. The highest BCUT2D eigenvalue weighted by Crippen LogP contribution is 2.28. The predicted molar refractivity (Wildman–Crippen MR) is 54.5 cm³/mol. The molecule has 0 fully saturated rings. The van der Waals surface area contributed by atoms with Gasteiger partial charge in [0.25, 0.3) is 6.43 Å². The zero-order valence-corrected chi connectivity index (χ0v) is 9.94. The van der Waals surface area contributed by atoms with Gasteiger partial charge in [-0.2, -0.15) is 4.39 Å². The van der Waals surface area contributed by atoms with E-state index in [1.807, 2.05) is 0 Å². The van der Waals surface area contributed by atoms with Gasteiger partial charge in [-0.3, -0.25) is 0 Å². The summed E-state index contributed by atoms with van der Waals surface area (Å²) in [5.41, 5.74) is 0.0470. The molecule has 0 radical (unpaired) electrons. The first-order valence-electron chi connectivity index (χ1n) is 3.25. The zero-order chi connectivity index (χ0) is 10.0. The molecule has 0 saturated carbocycles. The number of hydrogen-bond acceptors (Lipinski definition) is 1. The first-order chi connectivity index (χ1) is 6.06. The van der Waals surface area contributed by atoms with Crippen LogP contribution >= 0.6 is 38.5 Å². The number of nitrogens with zero attached hydrogens (tertiary/aromatic N) is 1. The summed E-state index contributed by atoms with van der Waals surface area (Å²) < 4.78 is 37.5. The van der Waals surface area contributed by atoms with Crippen molar-refractivity contribution in [2.24, 2.45) is 0 Å². The standard InChI is InChI=1S/C7H4BrF3IN/c8-2-3-1-4(9)13-7(12)5(3)6(10)11/h1,6H,2H2. The molecule has 0 saturated heterocycles. The Balaban J connectivity index is 3.30. The number of hydrogen-bond donors (Lipinski definition) is 0. The van der Waals surface area contributed by atoms with Crippen molar-refractivity contribution in [1.29, 1.82) is 0 Å². The van der Waals surface area contributed by atoms with Crippen molar-refractivity contribution in [1.82, 2.24) is 4.98 Å². The van der Waals surface area contributed by atoms with Crippen LogP contribution in [-0.4, -0.2) is 4.98 Å². The maximum atomic E-state index is 12.7. The van der Waals surface area contributed by atoms with Crippen LogP contribution in [0.4, 0.5) is 13.2 Å². The van der Waals surface area contributed by atoms with Crippen LogP contribution in [0.25, 0.3) is 0 Å². The molecule has 0 spiro atoms. The highest BCUT2D eigenvalue weighted by Gasteiger charge is 2.18. The molecule has 0 amide bonds. The minimum Gasteiger partial charge on any atom is -0.213 e. The molecule has 0 bridgehead atoms. The van der Waals surface area contributed by atoms with E-state index in [4.69, 9.17) is 0 Å². The molecule has 0 N–H and O–H groups in total. The lowest BCUT2D eigenvalue weighted by Crippen LogP contribution is -2.01. The largest absolute Gasteiger partial charge is 0.266 e. The summed E-state index contributed by atoms with van der Waals surface area (Å²) in [5, 5.41) is 0.197. The number of halogens is 5. The number of pyridine rings is 1. The van der Waals surface area contributed by atoms with Gasteiger partial charge in [0.2, 0.25) is 5.95 Å². The second kappa shape index (κ2) is 4.59. The van der Waals surface area contributed by atoms with E-state index in [2.05, 4.69) is 20.9 Å². The molecule has 0 aromatic carbocycles. The van der Waals surface area contributed by atoms with Crippen LogP contribution in [0, 0.1) is 9.65 Å². The van der Waals surface area contributed by atoms with E-state index in [1.165, 1.54) is 0 Å². The second-order valence-corrected chi connectivity index (χ2v) is 3.83. The molecule has 13 heavy (non-hydrogen) atoms. The third-order valence-corrected chi connectivity index (χ3v) is 2.86. The Hall–Kier alpha value is 0.150. The van der Waals surface area contributed by atoms with Crippen molar-refractivity contribution in [2.45, 2.75) is 11.8 Å². The highest BCUT2D eigenvalue weighted by atomic mass is 127. The fourth-order valence-electron chi connectivity index (χ4n) is 0.881. The Morgan fingerprint density at radius 3 is 2.62 bits per heavy atom. The Bertz CT molecular complexity index is 319. The van der Waals surface area contributed by atoms with E-state index in [0.29, 0.717) is 0 Å². The van der Waals surface area contributed by atoms with Gasteiger partial charge in [0.15, 0.2) is 0 Å². The average molecular weight is 366 g/mol. The summed E-state index contributed by atoms with van der Waals surface area (Å²) in [6.45, 7) is 0. The van der Waals surface area contributed by atoms with Crippen LogP contribution in [0.3, 0.4) is 0 Å². The Morgan fingerprint density at radius 2 is 2.15 bits per heavy atom. The molecular weight excluding hydrogens is 362 g/mol. The monoisotopic (exact) mass is 365 g/mol. The molecule has 1 nitrogen and oxygen atoms in total. The fourth-order valence-corrected chi connectivity index (χ4v) is 2.16. The molecule has 1 rings (SSSR count). The van der Waals surface area contributed by atoms with Crippen molar-refractivity contribution >= 4 is 38.5 Å². The van der Waals surface area contributed by atoms with Crippen molar-refractivity contribution in [3.8, 4) is 0 Å². The van der Waals surface area contributed by atoms with Crippen LogP contribution in [-0.2, 0) is 5.33 Å². The van der Waals surface area contributed by atoms with Crippen molar-refractivity contribution in [2.75, 3.05) is 0 Å². The SMILES string of the molecule is Fc1cc(CBr)c(C(F)F)c(I)n1. The van der Waals surface area contributed by atoms with E-state index >= 15 is 0 Å². The van der Waals surface area contributed by atoms with E-state index < -0.39 is 12.4 Å². The molecule has 1 heterocycles. The van der Waals surface area contributed by atoms with Gasteiger partial charge in [-0.15, -0.1) is 0 Å². The van der Waals surface area contributed by atoms with Crippen LogP contribution in [0.2, 0.25) is 0 Å². The minimum absolute atomic E-state index is 0.0158. The molecular formula is C7H4BrF3IN. The number of rotatable bonds is 2. The molecule has 1 aromatic heterocycles. The first-order valence-corrected chi connectivity index (χ1v) is 5.45. The molecule has 0 unspecified atom stereocenters. The Labute approximate surface area is 95.0 Å². The predicted octanol–water partition coefficient (Wildman–Crippen LogP) is 3.66. The molecule has 6 heteroatoms. The van der Waals surface area contributed by atoms with Gasteiger partial charge in [-0.25, -0.2) is 13.8 Å². The normalized spacial score (nSPS) is 10.9. The van der Waals surface area contributed by atoms with Gasteiger partial charge >= 0.3 is 0 Å². The Kier molecular flexibility index (Phi) is 3.96. The highest BCUT2D eigenvalue weighted by molar-refractivity contribution is 14.1. The number of aromatic nitrogens is 1. The first kappa shape index (κ1) is 11.2. The lowest BCUT2D eigenvalue weighted by molar-refractivity contribution is 0.148. The number of alkyl halides is 3. The smallest absolute Gasteiger partial charge is 0.213 e. The van der Waals surface area contributed by atoms with E-state index in [-0.39, 0.29) is 20.2 Å². The summed E-state index contributed by atoms with van der Waals surface area (Å²) in [6.07, 6.45) is -2.62. The summed E-state index contributed by atoms with van der Waals surface area (Å²) in [5.74, 6) is -0.733. The van der Waals surface area contributed by atoms with E-state index in [1.54, 1.807) is 22.6 Å². The molecule has 0 atom stereocenters. The summed E-state index contributed by atoms with van der Waals surface area (Å²) >= 11 is 4.61. The van der Waals surface area contributed by atoms with Gasteiger partial charge in [0.05, 0.1) is 5.56 Å². The quantitative estimate of drug-likeness (QED) is 0.443. The van der Waals surface area contributed by atoms with Crippen molar-refractivity contribution < 1.29 is 13.2 Å². The molecule has 0 aliphatic heterocycles. The summed E-state index contributed by atoms with van der Waals surface area (Å²) in [7, 11) is 0. The van der Waals surface area contributed by atoms with Crippen LogP contribution in [0.15, 0.2) is 6.07 Å². The van der Waals surface area contributed by atoms with Gasteiger partial charge in [-0.1, -0.05) is 15.9 Å². The lowest BCUT2D eigenvalue weighted by Gasteiger charge is -2.07. The van der Waals surface area contributed by atoms with Gasteiger partial charge in [0, 0.05) is 5.33 Å². The average Bonchev–Trinajstić information content (AvgIpc) is 2.01. The van der Waals surface area contributed by atoms with Crippen LogP contribution in [0.1, 0.15) is 17.6 Å². The van der Waals surface area contributed by atoms with Gasteiger partial charge in [-0.05, 0) is 34.2 Å². The van der Waals surface area contributed by atoms with Crippen LogP contribution < -0.4 is 0 Å². The topological polar surface area (TPSA) is 12.9 Å². The maximum Gasteiger partial charge on any atom is 0.266 e. The molecule has 0 aliphatic carbocycles. The van der Waals surface area contributed by atoms with E-state index in [9.17, 15) is 13.2 Å².